The predicted molar refractivity (Wildman–Crippen MR) is 73.9 cm³/mol. The summed E-state index contributed by atoms with van der Waals surface area (Å²) >= 11 is 1.86. The molecule has 0 amide bonds. The Balaban J connectivity index is 2.09. The monoisotopic (exact) mass is 253 g/mol. The van der Waals surface area contributed by atoms with Crippen molar-refractivity contribution in [2.24, 2.45) is 0 Å². The summed E-state index contributed by atoms with van der Waals surface area (Å²) in [6, 6.07) is 8.44. The minimum atomic E-state index is -1.44. The lowest BCUT2D eigenvalue weighted by Crippen LogP contribution is -2.46. The van der Waals surface area contributed by atoms with Crippen molar-refractivity contribution in [2.75, 3.05) is 17.3 Å². The van der Waals surface area contributed by atoms with Crippen LogP contribution in [0.15, 0.2) is 29.2 Å². The quantitative estimate of drug-likeness (QED) is 0.838. The third kappa shape index (κ3) is 2.44. The summed E-state index contributed by atoms with van der Waals surface area (Å²) < 4.78 is 0. The average molecular weight is 253 g/mol. The Kier molecular flexibility index (Phi) is 3.33. The van der Waals surface area contributed by atoms with Crippen molar-refractivity contribution in [1.82, 2.24) is 0 Å². The summed E-state index contributed by atoms with van der Waals surface area (Å²) in [6.07, 6.45) is 0. The number of hydrogen-bond donors (Lipinski definition) is 1. The van der Waals surface area contributed by atoms with Gasteiger partial charge in [-0.15, -0.1) is 11.8 Å². The fraction of sp³-hybridized carbons (Fsp3) is 0.500. The minimum absolute atomic E-state index is 0.153. The van der Waals surface area contributed by atoms with E-state index in [0.29, 0.717) is 0 Å². The number of hydrogen-bond acceptors (Lipinski definition) is 3. The fourth-order valence-corrected chi connectivity index (χ4v) is 3.52. The second-order valence-electron chi connectivity index (χ2n) is 5.35. The van der Waals surface area contributed by atoms with E-state index in [0.717, 1.165) is 12.4 Å². The van der Waals surface area contributed by atoms with Crippen LogP contribution in [-0.4, -0.2) is 31.3 Å². The lowest BCUT2D eigenvalue weighted by atomic mass is 10.3. The maximum Gasteiger partial charge on any atom is 0.0804 e. The summed E-state index contributed by atoms with van der Waals surface area (Å²) in [5.74, 6) is 0.973. The highest BCUT2D eigenvalue weighted by Crippen LogP contribution is 2.38. The number of anilines is 1. The lowest BCUT2D eigenvalue weighted by molar-refractivity contribution is 0.249. The van der Waals surface area contributed by atoms with Gasteiger partial charge < -0.3 is 10.0 Å². The van der Waals surface area contributed by atoms with Gasteiger partial charge in [-0.2, -0.15) is 0 Å². The van der Waals surface area contributed by atoms with Gasteiger partial charge in [0.1, 0.15) is 0 Å². The average Bonchev–Trinajstić information content (AvgIpc) is 2.61. The molecule has 88 valence electrons. The molecule has 0 saturated carbocycles. The Labute approximate surface area is 103 Å². The molecule has 1 N–H and O–H groups in total. The summed E-state index contributed by atoms with van der Waals surface area (Å²) in [5, 5.41) is 10.2. The van der Waals surface area contributed by atoms with E-state index in [1.165, 1.54) is 10.6 Å². The van der Waals surface area contributed by atoms with Crippen molar-refractivity contribution < 1.29 is 5.11 Å². The van der Waals surface area contributed by atoms with E-state index in [9.17, 15) is 5.11 Å². The van der Waals surface area contributed by atoms with Gasteiger partial charge in [-0.05, 0) is 12.1 Å². The molecule has 1 atom stereocenters. The number of fused-ring (bicyclic) bond motifs is 1. The first-order chi connectivity index (χ1) is 7.48. The molecular formula is C12H19NOSSi. The molecule has 1 aliphatic heterocycles. The Hall–Kier alpha value is -0.453. The summed E-state index contributed by atoms with van der Waals surface area (Å²) in [7, 11) is -1.44. The van der Waals surface area contributed by atoms with E-state index in [2.05, 4.69) is 48.8 Å². The van der Waals surface area contributed by atoms with Gasteiger partial charge in [-0.25, -0.2) is 0 Å². The van der Waals surface area contributed by atoms with Crippen LogP contribution in [0.5, 0.6) is 0 Å². The van der Waals surface area contributed by atoms with E-state index >= 15 is 0 Å². The van der Waals surface area contributed by atoms with Crippen LogP contribution < -0.4 is 4.90 Å². The number of β-amino-alcohol motifs (C(OH)–C–C–N with tert-alkyl or cyclic N) is 1. The molecule has 1 aromatic carbocycles. The highest BCUT2D eigenvalue weighted by molar-refractivity contribution is 7.99. The van der Waals surface area contributed by atoms with E-state index in [1.54, 1.807) is 0 Å². The van der Waals surface area contributed by atoms with Crippen molar-refractivity contribution in [3.8, 4) is 0 Å². The van der Waals surface area contributed by atoms with Gasteiger partial charge in [-0.1, -0.05) is 31.8 Å². The largest absolute Gasteiger partial charge is 0.395 e. The molecule has 0 saturated heterocycles. The van der Waals surface area contributed by atoms with Crippen molar-refractivity contribution in [3.05, 3.63) is 24.3 Å². The molecular weight excluding hydrogens is 234 g/mol. The van der Waals surface area contributed by atoms with Crippen molar-refractivity contribution in [2.45, 2.75) is 30.3 Å². The number of aliphatic hydroxyl groups excluding tert-OH is 1. The van der Waals surface area contributed by atoms with Crippen LogP contribution in [0.4, 0.5) is 5.69 Å². The van der Waals surface area contributed by atoms with Gasteiger partial charge >= 0.3 is 0 Å². The summed E-state index contributed by atoms with van der Waals surface area (Å²) in [4.78, 5) is 3.63. The van der Waals surface area contributed by atoms with Gasteiger partial charge in [0.25, 0.3) is 0 Å². The maximum absolute atomic E-state index is 10.2. The van der Waals surface area contributed by atoms with Crippen LogP contribution in [0.3, 0.4) is 0 Å². The summed E-state index contributed by atoms with van der Waals surface area (Å²) in [6.45, 7) is 7.42. The highest BCUT2D eigenvalue weighted by atomic mass is 32.2. The van der Waals surface area contributed by atoms with Gasteiger partial charge in [0.2, 0.25) is 0 Å². The molecule has 0 aromatic heterocycles. The molecule has 0 spiro atoms. The van der Waals surface area contributed by atoms with Crippen LogP contribution >= 0.6 is 11.8 Å². The van der Waals surface area contributed by atoms with E-state index in [-0.39, 0.29) is 5.73 Å². The topological polar surface area (TPSA) is 23.5 Å². The number of benzene rings is 1. The number of para-hydroxylation sites is 1. The first-order valence-electron chi connectivity index (χ1n) is 5.63. The van der Waals surface area contributed by atoms with E-state index in [1.807, 2.05) is 11.8 Å². The Bertz CT molecular complexity index is 378. The second-order valence-corrected chi connectivity index (χ2v) is 11.7. The van der Waals surface area contributed by atoms with E-state index < -0.39 is 8.07 Å². The molecule has 0 aliphatic carbocycles. The van der Waals surface area contributed by atoms with E-state index in [4.69, 9.17) is 0 Å². The number of thioether (sulfide) groups is 1. The number of aliphatic hydroxyl groups is 1. The third-order valence-corrected chi connectivity index (χ3v) is 6.25. The van der Waals surface area contributed by atoms with Crippen molar-refractivity contribution in [3.63, 3.8) is 0 Å². The lowest BCUT2D eigenvalue weighted by Gasteiger charge is -2.29. The first kappa shape index (κ1) is 12.0. The second kappa shape index (κ2) is 4.43. The fourth-order valence-electron chi connectivity index (χ4n) is 1.69. The zero-order chi connectivity index (χ0) is 11.8. The standard InChI is InChI=1S/C12H19NOSSi/c1-16(2,3)12(14)8-13-9-15-11-7-5-4-6-10(11)13/h4-7,12,14H,8-9H2,1-3H3. The molecule has 1 aliphatic rings. The maximum atomic E-state index is 10.2. The molecule has 0 fully saturated rings. The van der Waals surface area contributed by atoms with Crippen LogP contribution in [0.2, 0.25) is 19.6 Å². The van der Waals surface area contributed by atoms with Gasteiger partial charge in [-0.3, -0.25) is 0 Å². The van der Waals surface area contributed by atoms with Crippen LogP contribution in [0.25, 0.3) is 0 Å². The molecule has 2 nitrogen and oxygen atoms in total. The molecule has 1 unspecified atom stereocenters. The van der Waals surface area contributed by atoms with Crippen LogP contribution in [-0.2, 0) is 0 Å². The molecule has 16 heavy (non-hydrogen) atoms. The molecule has 1 aromatic rings. The number of rotatable bonds is 3. The Morgan fingerprint density at radius 1 is 1.38 bits per heavy atom. The van der Waals surface area contributed by atoms with Gasteiger partial charge in [0.05, 0.1) is 25.4 Å². The molecule has 4 heteroatoms. The van der Waals surface area contributed by atoms with Gasteiger partial charge in [0.15, 0.2) is 0 Å². The summed E-state index contributed by atoms with van der Waals surface area (Å²) in [5.41, 5.74) is 1.13. The van der Waals surface area contributed by atoms with Gasteiger partial charge in [0, 0.05) is 11.4 Å². The molecule has 1 heterocycles. The smallest absolute Gasteiger partial charge is 0.0804 e. The molecule has 0 bridgehead atoms. The Morgan fingerprint density at radius 3 is 2.75 bits per heavy atom. The first-order valence-corrected chi connectivity index (χ1v) is 10.2. The third-order valence-electron chi connectivity index (χ3n) is 2.97. The molecule has 2 rings (SSSR count). The minimum Gasteiger partial charge on any atom is -0.395 e. The van der Waals surface area contributed by atoms with Crippen molar-refractivity contribution >= 4 is 25.5 Å². The van der Waals surface area contributed by atoms with Crippen molar-refractivity contribution in [1.29, 1.82) is 0 Å². The molecule has 0 radical (unpaired) electrons. The Morgan fingerprint density at radius 2 is 2.06 bits per heavy atom. The predicted octanol–water partition coefficient (Wildman–Crippen LogP) is 2.79. The normalized spacial score (nSPS) is 17.4. The van der Waals surface area contributed by atoms with Crippen LogP contribution in [0, 0.1) is 0 Å². The zero-order valence-corrected chi connectivity index (χ0v) is 11.9. The number of nitrogens with zero attached hydrogens (tertiary/aromatic N) is 1. The highest BCUT2D eigenvalue weighted by Gasteiger charge is 2.29. The SMILES string of the molecule is C[Si](C)(C)C(O)CN1CSc2ccccc21. The van der Waals surface area contributed by atoms with Crippen LogP contribution in [0.1, 0.15) is 0 Å². The zero-order valence-electron chi connectivity index (χ0n) is 10.1.